The zero-order valence-electron chi connectivity index (χ0n) is 13.1. The molecule has 4 rings (SSSR count). The summed E-state index contributed by atoms with van der Waals surface area (Å²) in [6, 6.07) is 9.86. The molecule has 1 aromatic heterocycles. The minimum absolute atomic E-state index is 0.223. The molecule has 1 spiro atoms. The molecule has 2 aliphatic rings. The van der Waals surface area contributed by atoms with Crippen LogP contribution < -0.4 is 0 Å². The Morgan fingerprint density at radius 3 is 2.83 bits per heavy atom. The molecule has 2 saturated heterocycles. The average molecular weight is 313 g/mol. The number of nitrogens with zero attached hydrogens (tertiary/aromatic N) is 3. The third-order valence-electron chi connectivity index (χ3n) is 4.49. The highest BCUT2D eigenvalue weighted by Crippen LogP contribution is 2.32. The van der Waals surface area contributed by atoms with E-state index in [9.17, 15) is 4.79 Å². The third-order valence-corrected chi connectivity index (χ3v) is 4.49. The predicted octanol–water partition coefficient (Wildman–Crippen LogP) is 2.37. The number of likely N-dealkylation sites (N-methyl/N-ethyl adjacent to an activating group) is 1. The van der Waals surface area contributed by atoms with Gasteiger partial charge in [-0.2, -0.15) is 0 Å². The lowest BCUT2D eigenvalue weighted by Crippen LogP contribution is -2.37. The first-order chi connectivity index (χ1) is 11.1. The standard InChI is InChI=1S/C17H19N3O3/c1-19-11-17(23-16(19)21)7-8-20(12-17)9-14-10-22-15(18-14)13-5-3-2-4-6-13/h2-6,10H,7-9,11-12H2,1H3/t17-/m0/s1. The SMILES string of the molecule is CN1C[C@]2(CCN(Cc3coc(-c4ccccc4)n3)C2)OC1=O. The fraction of sp³-hybridized carbons (Fsp3) is 0.412. The van der Waals surface area contributed by atoms with E-state index < -0.39 is 0 Å². The Morgan fingerprint density at radius 2 is 2.09 bits per heavy atom. The van der Waals surface area contributed by atoms with E-state index in [1.807, 2.05) is 30.3 Å². The number of amides is 1. The maximum Gasteiger partial charge on any atom is 0.410 e. The van der Waals surface area contributed by atoms with Crippen LogP contribution in [0.2, 0.25) is 0 Å². The number of hydrogen-bond acceptors (Lipinski definition) is 5. The minimum Gasteiger partial charge on any atom is -0.444 e. The largest absolute Gasteiger partial charge is 0.444 e. The molecule has 120 valence electrons. The fourth-order valence-corrected chi connectivity index (χ4v) is 3.39. The van der Waals surface area contributed by atoms with Gasteiger partial charge >= 0.3 is 6.09 Å². The minimum atomic E-state index is -0.349. The van der Waals surface area contributed by atoms with Gasteiger partial charge in [0.05, 0.1) is 12.2 Å². The maximum atomic E-state index is 11.6. The highest BCUT2D eigenvalue weighted by atomic mass is 16.6. The summed E-state index contributed by atoms with van der Waals surface area (Å²) in [5, 5.41) is 0. The van der Waals surface area contributed by atoms with Crippen LogP contribution in [0.1, 0.15) is 12.1 Å². The van der Waals surface area contributed by atoms with Crippen molar-refractivity contribution in [2.24, 2.45) is 0 Å². The topological polar surface area (TPSA) is 58.8 Å². The molecule has 2 aliphatic heterocycles. The second kappa shape index (κ2) is 5.38. The molecule has 3 heterocycles. The van der Waals surface area contributed by atoms with Crippen molar-refractivity contribution in [2.45, 2.75) is 18.6 Å². The van der Waals surface area contributed by atoms with Gasteiger partial charge in [0.25, 0.3) is 0 Å². The van der Waals surface area contributed by atoms with Gasteiger partial charge < -0.3 is 14.1 Å². The van der Waals surface area contributed by atoms with Gasteiger partial charge in [-0.25, -0.2) is 9.78 Å². The van der Waals surface area contributed by atoms with Crippen LogP contribution in [-0.2, 0) is 11.3 Å². The van der Waals surface area contributed by atoms with Crippen LogP contribution in [0.25, 0.3) is 11.5 Å². The predicted molar refractivity (Wildman–Crippen MR) is 83.7 cm³/mol. The van der Waals surface area contributed by atoms with Gasteiger partial charge in [0.2, 0.25) is 5.89 Å². The number of oxazole rings is 1. The van der Waals surface area contributed by atoms with Crippen molar-refractivity contribution in [2.75, 3.05) is 26.7 Å². The summed E-state index contributed by atoms with van der Waals surface area (Å²) >= 11 is 0. The Morgan fingerprint density at radius 1 is 1.26 bits per heavy atom. The molecular weight excluding hydrogens is 294 g/mol. The van der Waals surface area contributed by atoms with Crippen LogP contribution in [-0.4, -0.2) is 53.2 Å². The first kappa shape index (κ1) is 14.3. The Balaban J connectivity index is 1.42. The van der Waals surface area contributed by atoms with E-state index in [0.29, 0.717) is 19.0 Å². The van der Waals surface area contributed by atoms with Crippen LogP contribution >= 0.6 is 0 Å². The number of likely N-dealkylation sites (tertiary alicyclic amines) is 1. The number of aromatic nitrogens is 1. The van der Waals surface area contributed by atoms with E-state index in [2.05, 4.69) is 9.88 Å². The van der Waals surface area contributed by atoms with Gasteiger partial charge in [-0.1, -0.05) is 18.2 Å². The lowest BCUT2D eigenvalue weighted by atomic mass is 10.0. The van der Waals surface area contributed by atoms with Crippen molar-refractivity contribution in [3.8, 4) is 11.5 Å². The van der Waals surface area contributed by atoms with E-state index in [0.717, 1.165) is 30.8 Å². The molecule has 0 aliphatic carbocycles. The van der Waals surface area contributed by atoms with Crippen LogP contribution in [0.15, 0.2) is 41.0 Å². The molecule has 6 nitrogen and oxygen atoms in total. The van der Waals surface area contributed by atoms with Gasteiger partial charge in [0.1, 0.15) is 11.9 Å². The van der Waals surface area contributed by atoms with Crippen LogP contribution in [0.5, 0.6) is 0 Å². The molecule has 1 aromatic carbocycles. The average Bonchev–Trinajstić information content (AvgIpc) is 3.22. The third kappa shape index (κ3) is 2.70. The molecule has 1 amide bonds. The van der Waals surface area contributed by atoms with Crippen LogP contribution in [0, 0.1) is 0 Å². The number of ether oxygens (including phenoxy) is 1. The maximum absolute atomic E-state index is 11.6. The summed E-state index contributed by atoms with van der Waals surface area (Å²) in [6.45, 7) is 3.01. The number of carbonyl (C=O) groups is 1. The summed E-state index contributed by atoms with van der Waals surface area (Å²) in [5.74, 6) is 0.640. The van der Waals surface area contributed by atoms with Gasteiger partial charge in [-0.3, -0.25) is 4.90 Å². The van der Waals surface area contributed by atoms with Crippen molar-refractivity contribution in [3.05, 3.63) is 42.3 Å². The Kier molecular flexibility index (Phi) is 3.34. The molecule has 2 fully saturated rings. The van der Waals surface area contributed by atoms with Crippen molar-refractivity contribution in [1.82, 2.24) is 14.8 Å². The summed E-state index contributed by atoms with van der Waals surface area (Å²) < 4.78 is 11.1. The molecule has 6 heteroatoms. The van der Waals surface area contributed by atoms with E-state index in [1.54, 1.807) is 18.2 Å². The van der Waals surface area contributed by atoms with E-state index >= 15 is 0 Å². The normalized spacial score (nSPS) is 24.6. The van der Waals surface area contributed by atoms with Crippen LogP contribution in [0.3, 0.4) is 0 Å². The highest BCUT2D eigenvalue weighted by Gasteiger charge is 2.48. The number of hydrogen-bond donors (Lipinski definition) is 0. The second-order valence-electron chi connectivity index (χ2n) is 6.38. The molecular formula is C17H19N3O3. The summed E-state index contributed by atoms with van der Waals surface area (Å²) in [6.07, 6.45) is 2.35. The molecule has 1 atom stereocenters. The second-order valence-corrected chi connectivity index (χ2v) is 6.38. The number of rotatable bonds is 3. The quantitative estimate of drug-likeness (QED) is 0.870. The molecule has 2 aromatic rings. The molecule has 0 bridgehead atoms. The Bertz CT molecular complexity index is 715. The first-order valence-corrected chi connectivity index (χ1v) is 7.80. The summed E-state index contributed by atoms with van der Waals surface area (Å²) in [5.41, 5.74) is 1.53. The van der Waals surface area contributed by atoms with E-state index in [1.165, 1.54) is 0 Å². The Labute approximate surface area is 134 Å². The van der Waals surface area contributed by atoms with Crippen LogP contribution in [0.4, 0.5) is 4.79 Å². The molecule has 0 N–H and O–H groups in total. The lowest BCUT2D eigenvalue weighted by molar-refractivity contribution is 0.0626. The zero-order valence-corrected chi connectivity index (χ0v) is 13.1. The smallest absolute Gasteiger partial charge is 0.410 e. The molecule has 0 radical (unpaired) electrons. The van der Waals surface area contributed by atoms with Crippen molar-refractivity contribution in [3.63, 3.8) is 0 Å². The van der Waals surface area contributed by atoms with E-state index in [-0.39, 0.29) is 11.7 Å². The first-order valence-electron chi connectivity index (χ1n) is 7.80. The summed E-state index contributed by atoms with van der Waals surface area (Å²) in [4.78, 5) is 20.1. The number of benzene rings is 1. The van der Waals surface area contributed by atoms with Gasteiger partial charge in [0.15, 0.2) is 0 Å². The van der Waals surface area contributed by atoms with Crippen molar-refractivity contribution >= 4 is 6.09 Å². The van der Waals surface area contributed by atoms with Gasteiger partial charge in [-0.05, 0) is 12.1 Å². The number of carbonyl (C=O) groups excluding carboxylic acids is 1. The monoisotopic (exact) mass is 313 g/mol. The molecule has 0 saturated carbocycles. The zero-order chi connectivity index (χ0) is 15.9. The lowest BCUT2D eigenvalue weighted by Gasteiger charge is -2.21. The van der Waals surface area contributed by atoms with Gasteiger partial charge in [-0.15, -0.1) is 0 Å². The highest BCUT2D eigenvalue weighted by molar-refractivity contribution is 5.70. The summed E-state index contributed by atoms with van der Waals surface area (Å²) in [7, 11) is 1.78. The Hall–Kier alpha value is -2.34. The molecule has 0 unspecified atom stereocenters. The fourth-order valence-electron chi connectivity index (χ4n) is 3.39. The van der Waals surface area contributed by atoms with Crippen molar-refractivity contribution in [1.29, 1.82) is 0 Å². The van der Waals surface area contributed by atoms with E-state index in [4.69, 9.17) is 9.15 Å². The molecule has 23 heavy (non-hydrogen) atoms. The van der Waals surface area contributed by atoms with Gasteiger partial charge in [0, 0.05) is 38.7 Å². The van der Waals surface area contributed by atoms with Crippen molar-refractivity contribution < 1.29 is 13.9 Å².